The van der Waals surface area contributed by atoms with Crippen LogP contribution >= 0.6 is 11.6 Å². The lowest BCUT2D eigenvalue weighted by Crippen LogP contribution is -2.06. The van der Waals surface area contributed by atoms with Crippen molar-refractivity contribution in [3.8, 4) is 5.69 Å². The van der Waals surface area contributed by atoms with Gasteiger partial charge < -0.3 is 10.5 Å². The molecule has 0 fully saturated rings. The van der Waals surface area contributed by atoms with Crippen molar-refractivity contribution in [1.82, 2.24) is 9.78 Å². The normalized spacial score (nSPS) is 10.3. The molecule has 0 bridgehead atoms. The van der Waals surface area contributed by atoms with Gasteiger partial charge in [0.25, 0.3) is 0 Å². The summed E-state index contributed by atoms with van der Waals surface area (Å²) in [4.78, 5) is 11.5. The first-order valence-corrected chi connectivity index (χ1v) is 5.78. The predicted molar refractivity (Wildman–Crippen MR) is 68.9 cm³/mol. The first-order chi connectivity index (χ1) is 8.61. The third-order valence-corrected chi connectivity index (χ3v) is 2.56. The van der Waals surface area contributed by atoms with Crippen LogP contribution in [0, 0.1) is 0 Å². The van der Waals surface area contributed by atoms with E-state index in [0.29, 0.717) is 17.4 Å². The Labute approximate surface area is 109 Å². The van der Waals surface area contributed by atoms with Crippen molar-refractivity contribution < 1.29 is 9.53 Å². The highest BCUT2D eigenvalue weighted by Gasteiger charge is 2.14. The second kappa shape index (κ2) is 5.10. The van der Waals surface area contributed by atoms with E-state index in [1.165, 1.54) is 10.7 Å². The quantitative estimate of drug-likeness (QED) is 0.683. The molecule has 0 aliphatic heterocycles. The lowest BCUT2D eigenvalue weighted by atomic mass is 10.3. The van der Waals surface area contributed by atoms with Crippen LogP contribution in [0.15, 0.2) is 30.3 Å². The molecule has 1 aromatic heterocycles. The Morgan fingerprint density at radius 2 is 2.11 bits per heavy atom. The van der Waals surface area contributed by atoms with E-state index >= 15 is 0 Å². The maximum atomic E-state index is 11.5. The molecular weight excluding hydrogens is 254 g/mol. The Morgan fingerprint density at radius 1 is 1.44 bits per heavy atom. The number of esters is 1. The molecule has 1 heterocycles. The van der Waals surface area contributed by atoms with Crippen LogP contribution in [0.3, 0.4) is 0 Å². The number of hydrogen-bond donors (Lipinski definition) is 1. The first-order valence-electron chi connectivity index (χ1n) is 5.40. The summed E-state index contributed by atoms with van der Waals surface area (Å²) < 4.78 is 6.31. The van der Waals surface area contributed by atoms with E-state index in [1.54, 1.807) is 31.2 Å². The third-order valence-electron chi connectivity index (χ3n) is 2.29. The van der Waals surface area contributed by atoms with Gasteiger partial charge in [0.15, 0.2) is 5.69 Å². The molecule has 1 aromatic carbocycles. The van der Waals surface area contributed by atoms with Gasteiger partial charge in [-0.15, -0.1) is 0 Å². The maximum Gasteiger partial charge on any atom is 0.358 e. The molecule has 0 saturated carbocycles. The van der Waals surface area contributed by atoms with E-state index in [4.69, 9.17) is 22.1 Å². The van der Waals surface area contributed by atoms with E-state index in [1.807, 2.05) is 0 Å². The monoisotopic (exact) mass is 265 g/mol. The summed E-state index contributed by atoms with van der Waals surface area (Å²) in [6.45, 7) is 2.03. The minimum atomic E-state index is -0.492. The zero-order valence-corrected chi connectivity index (χ0v) is 10.5. The number of nitrogens with two attached hydrogens (primary N) is 1. The largest absolute Gasteiger partial charge is 0.461 e. The average molecular weight is 266 g/mol. The van der Waals surface area contributed by atoms with Crippen molar-refractivity contribution in [3.63, 3.8) is 0 Å². The standard InChI is InChI=1S/C12H12ClN3O2/c1-2-18-12(17)10-7-11(13)16(15-10)9-5-3-8(14)4-6-9/h3-7H,2,14H2,1H3. The number of aromatic nitrogens is 2. The maximum absolute atomic E-state index is 11.5. The fourth-order valence-electron chi connectivity index (χ4n) is 1.46. The molecule has 0 amide bonds. The summed E-state index contributed by atoms with van der Waals surface area (Å²) in [7, 11) is 0. The van der Waals surface area contributed by atoms with Gasteiger partial charge in [-0.3, -0.25) is 0 Å². The lowest BCUT2D eigenvalue weighted by molar-refractivity contribution is 0.0519. The van der Waals surface area contributed by atoms with Gasteiger partial charge in [-0.05, 0) is 31.2 Å². The molecule has 0 radical (unpaired) electrons. The first kappa shape index (κ1) is 12.4. The highest BCUT2D eigenvalue weighted by molar-refractivity contribution is 6.30. The summed E-state index contributed by atoms with van der Waals surface area (Å²) in [5.74, 6) is -0.492. The van der Waals surface area contributed by atoms with E-state index in [0.717, 1.165) is 5.69 Å². The Balaban J connectivity index is 2.34. The third kappa shape index (κ3) is 2.46. The molecule has 0 aliphatic rings. The van der Waals surface area contributed by atoms with Crippen molar-refractivity contribution >= 4 is 23.3 Å². The van der Waals surface area contributed by atoms with Crippen LogP contribution in [0.2, 0.25) is 5.15 Å². The van der Waals surface area contributed by atoms with Gasteiger partial charge in [0, 0.05) is 11.8 Å². The molecule has 0 atom stereocenters. The van der Waals surface area contributed by atoms with Gasteiger partial charge in [-0.2, -0.15) is 5.10 Å². The molecule has 0 saturated heterocycles. The molecule has 0 aliphatic carbocycles. The van der Waals surface area contributed by atoms with Crippen molar-refractivity contribution in [3.05, 3.63) is 41.2 Å². The van der Waals surface area contributed by atoms with Crippen molar-refractivity contribution in [2.75, 3.05) is 12.3 Å². The summed E-state index contributed by atoms with van der Waals surface area (Å²) in [5.41, 5.74) is 7.15. The Bertz CT molecular complexity index is 563. The van der Waals surface area contributed by atoms with E-state index in [-0.39, 0.29) is 5.69 Å². The van der Waals surface area contributed by atoms with Gasteiger partial charge in [-0.25, -0.2) is 9.48 Å². The van der Waals surface area contributed by atoms with Crippen LogP contribution in [0.5, 0.6) is 0 Å². The van der Waals surface area contributed by atoms with E-state index in [2.05, 4.69) is 5.10 Å². The highest BCUT2D eigenvalue weighted by Crippen LogP contribution is 2.18. The van der Waals surface area contributed by atoms with Crippen LogP contribution in [0.4, 0.5) is 5.69 Å². The number of benzene rings is 1. The predicted octanol–water partition coefficient (Wildman–Crippen LogP) is 2.28. The number of ether oxygens (including phenoxy) is 1. The number of rotatable bonds is 3. The van der Waals surface area contributed by atoms with E-state index < -0.39 is 5.97 Å². The fraction of sp³-hybridized carbons (Fsp3) is 0.167. The van der Waals surface area contributed by atoms with Crippen LogP contribution in [0.1, 0.15) is 17.4 Å². The molecule has 18 heavy (non-hydrogen) atoms. The Kier molecular flexibility index (Phi) is 3.53. The Morgan fingerprint density at radius 3 is 2.72 bits per heavy atom. The summed E-state index contributed by atoms with van der Waals surface area (Å²) >= 11 is 6.02. The van der Waals surface area contributed by atoms with Crippen LogP contribution < -0.4 is 5.73 Å². The molecule has 2 aromatic rings. The molecule has 0 unspecified atom stereocenters. The highest BCUT2D eigenvalue weighted by atomic mass is 35.5. The van der Waals surface area contributed by atoms with Gasteiger partial charge in [0.05, 0.1) is 12.3 Å². The number of carbonyl (C=O) groups is 1. The number of hydrogen-bond acceptors (Lipinski definition) is 4. The zero-order valence-electron chi connectivity index (χ0n) is 9.76. The number of nitrogens with zero attached hydrogens (tertiary/aromatic N) is 2. The minimum Gasteiger partial charge on any atom is -0.461 e. The summed E-state index contributed by atoms with van der Waals surface area (Å²) in [6, 6.07) is 8.47. The van der Waals surface area contributed by atoms with E-state index in [9.17, 15) is 4.79 Å². The molecule has 6 heteroatoms. The van der Waals surface area contributed by atoms with Gasteiger partial charge in [-0.1, -0.05) is 11.6 Å². The topological polar surface area (TPSA) is 70.1 Å². The van der Waals surface area contributed by atoms with Crippen LogP contribution in [0.25, 0.3) is 5.69 Å². The average Bonchev–Trinajstić information content (AvgIpc) is 2.73. The number of halogens is 1. The lowest BCUT2D eigenvalue weighted by Gasteiger charge is -2.03. The van der Waals surface area contributed by atoms with Gasteiger partial charge in [0.2, 0.25) is 0 Å². The molecule has 2 N–H and O–H groups in total. The zero-order chi connectivity index (χ0) is 13.1. The minimum absolute atomic E-state index is 0.179. The van der Waals surface area contributed by atoms with Crippen LogP contribution in [-0.4, -0.2) is 22.4 Å². The molecular formula is C12H12ClN3O2. The van der Waals surface area contributed by atoms with Crippen LogP contribution in [-0.2, 0) is 4.74 Å². The van der Waals surface area contributed by atoms with Gasteiger partial charge in [0.1, 0.15) is 5.15 Å². The van der Waals surface area contributed by atoms with Gasteiger partial charge >= 0.3 is 5.97 Å². The molecule has 5 nitrogen and oxygen atoms in total. The summed E-state index contributed by atoms with van der Waals surface area (Å²) in [6.07, 6.45) is 0. The molecule has 2 rings (SSSR count). The number of anilines is 1. The number of carbonyl (C=O) groups excluding carboxylic acids is 1. The second-order valence-electron chi connectivity index (χ2n) is 3.58. The smallest absolute Gasteiger partial charge is 0.358 e. The molecule has 0 spiro atoms. The fourth-order valence-corrected chi connectivity index (χ4v) is 1.70. The second-order valence-corrected chi connectivity index (χ2v) is 3.96. The number of nitrogen functional groups attached to an aromatic ring is 1. The van der Waals surface area contributed by atoms with Crippen molar-refractivity contribution in [2.45, 2.75) is 6.92 Å². The van der Waals surface area contributed by atoms with Crippen molar-refractivity contribution in [1.29, 1.82) is 0 Å². The SMILES string of the molecule is CCOC(=O)c1cc(Cl)n(-c2ccc(N)cc2)n1. The molecule has 94 valence electrons. The Hall–Kier alpha value is -2.01. The summed E-state index contributed by atoms with van der Waals surface area (Å²) in [5, 5.41) is 4.43. The van der Waals surface area contributed by atoms with Crippen molar-refractivity contribution in [2.24, 2.45) is 0 Å².